The van der Waals surface area contributed by atoms with Crippen LogP contribution in [0.1, 0.15) is 29.8 Å². The van der Waals surface area contributed by atoms with Crippen molar-refractivity contribution in [2.45, 2.75) is 19.4 Å². The van der Waals surface area contributed by atoms with E-state index in [1.807, 2.05) is 35.7 Å². The van der Waals surface area contributed by atoms with E-state index in [0.29, 0.717) is 36.3 Å². The zero-order valence-electron chi connectivity index (χ0n) is 15.0. The van der Waals surface area contributed by atoms with Gasteiger partial charge in [0, 0.05) is 30.4 Å². The zero-order valence-corrected chi connectivity index (χ0v) is 16.6. The maximum Gasteiger partial charge on any atom is 0.240 e. The molecule has 2 aliphatic heterocycles. The van der Waals surface area contributed by atoms with Gasteiger partial charge in [0.15, 0.2) is 11.5 Å². The van der Waals surface area contributed by atoms with Crippen LogP contribution < -0.4 is 9.47 Å². The molecule has 0 bridgehead atoms. The molecule has 1 atom stereocenters. The second-order valence-corrected chi connectivity index (χ2v) is 7.97. The highest BCUT2D eigenvalue weighted by Gasteiger charge is 2.33. The maximum absolute atomic E-state index is 12.2. The van der Waals surface area contributed by atoms with Gasteiger partial charge in [-0.25, -0.2) is 9.99 Å². The molecule has 5 rings (SSSR count). The Bertz CT molecular complexity index is 1110. The number of ether oxygens (including phenoxy) is 2. The Hall–Kier alpha value is -2.64. The van der Waals surface area contributed by atoms with Gasteiger partial charge in [-0.05, 0) is 23.6 Å². The molecule has 0 saturated heterocycles. The third kappa shape index (κ3) is 2.91. The van der Waals surface area contributed by atoms with Crippen molar-refractivity contribution in [3.05, 3.63) is 51.3 Å². The molecule has 0 spiro atoms. The zero-order chi connectivity index (χ0) is 19.3. The lowest BCUT2D eigenvalue weighted by atomic mass is 10.0. The quantitative estimate of drug-likeness (QED) is 0.583. The van der Waals surface area contributed by atoms with E-state index in [4.69, 9.17) is 21.1 Å². The minimum Gasteiger partial charge on any atom is -0.486 e. The summed E-state index contributed by atoms with van der Waals surface area (Å²) in [5, 5.41) is 9.31. The van der Waals surface area contributed by atoms with Crippen LogP contribution in [0.3, 0.4) is 0 Å². The molecule has 1 aromatic carbocycles. The molecular weight excluding hydrogens is 398 g/mol. The molecule has 0 fully saturated rings. The normalized spacial score (nSPS) is 18.4. The molecule has 0 aliphatic carbocycles. The summed E-state index contributed by atoms with van der Waals surface area (Å²) < 4.78 is 11.3. The highest BCUT2D eigenvalue weighted by atomic mass is 35.5. The Morgan fingerprint density at radius 3 is 2.75 bits per heavy atom. The predicted octanol–water partition coefficient (Wildman–Crippen LogP) is 4.42. The van der Waals surface area contributed by atoms with E-state index in [-0.39, 0.29) is 11.9 Å². The first-order valence-corrected chi connectivity index (χ1v) is 10.2. The van der Waals surface area contributed by atoms with Crippen LogP contribution in [0.2, 0.25) is 5.15 Å². The third-order valence-corrected chi connectivity index (χ3v) is 6.08. The molecule has 0 saturated carbocycles. The first kappa shape index (κ1) is 17.5. The van der Waals surface area contributed by atoms with Gasteiger partial charge in [0.2, 0.25) is 5.91 Å². The van der Waals surface area contributed by atoms with Gasteiger partial charge >= 0.3 is 0 Å². The highest BCUT2D eigenvalue weighted by molar-refractivity contribution is 7.12. The van der Waals surface area contributed by atoms with Gasteiger partial charge in [-0.15, -0.1) is 11.3 Å². The fraction of sp³-hybridized carbons (Fsp3) is 0.250. The summed E-state index contributed by atoms with van der Waals surface area (Å²) in [6.45, 7) is 2.55. The molecule has 2 aliphatic rings. The molecule has 0 radical (unpaired) electrons. The number of hydrogen-bond acceptors (Lipinski definition) is 6. The second kappa shape index (κ2) is 6.76. The van der Waals surface area contributed by atoms with E-state index < -0.39 is 0 Å². The van der Waals surface area contributed by atoms with Crippen LogP contribution in [0.15, 0.2) is 40.8 Å². The summed E-state index contributed by atoms with van der Waals surface area (Å²) >= 11 is 8.15. The number of pyridine rings is 1. The molecular formula is C20H16ClN3O3S. The fourth-order valence-electron chi connectivity index (χ4n) is 3.57. The molecule has 0 unspecified atom stereocenters. The van der Waals surface area contributed by atoms with Crippen molar-refractivity contribution < 1.29 is 14.3 Å². The van der Waals surface area contributed by atoms with Gasteiger partial charge < -0.3 is 9.47 Å². The van der Waals surface area contributed by atoms with Crippen LogP contribution in [0.25, 0.3) is 10.9 Å². The van der Waals surface area contributed by atoms with Gasteiger partial charge in [0.05, 0.1) is 22.1 Å². The first-order chi connectivity index (χ1) is 13.6. The largest absolute Gasteiger partial charge is 0.486 e. The molecule has 3 aromatic rings. The van der Waals surface area contributed by atoms with Gasteiger partial charge in [-0.2, -0.15) is 5.10 Å². The van der Waals surface area contributed by atoms with Gasteiger partial charge in [-0.1, -0.05) is 17.7 Å². The number of amides is 1. The Morgan fingerprint density at radius 1 is 1.25 bits per heavy atom. The third-order valence-electron chi connectivity index (χ3n) is 4.86. The van der Waals surface area contributed by atoms with Crippen molar-refractivity contribution in [2.75, 3.05) is 13.2 Å². The summed E-state index contributed by atoms with van der Waals surface area (Å²) in [6.07, 6.45) is 0.595. The lowest BCUT2D eigenvalue weighted by Crippen LogP contribution is -2.24. The first-order valence-electron chi connectivity index (χ1n) is 8.91. The van der Waals surface area contributed by atoms with Crippen LogP contribution in [-0.4, -0.2) is 34.8 Å². The van der Waals surface area contributed by atoms with E-state index >= 15 is 0 Å². The number of carbonyl (C=O) groups excluding carboxylic acids is 1. The Labute approximate surface area is 170 Å². The minimum absolute atomic E-state index is 0.130. The van der Waals surface area contributed by atoms with Crippen LogP contribution in [0, 0.1) is 0 Å². The van der Waals surface area contributed by atoms with Gasteiger partial charge in [0.1, 0.15) is 18.4 Å². The second-order valence-electron chi connectivity index (χ2n) is 6.66. The molecule has 8 heteroatoms. The van der Waals surface area contributed by atoms with E-state index in [1.54, 1.807) is 11.3 Å². The monoisotopic (exact) mass is 413 g/mol. The smallest absolute Gasteiger partial charge is 0.240 e. The minimum atomic E-state index is -0.285. The number of thiophene rings is 1. The van der Waals surface area contributed by atoms with Crippen molar-refractivity contribution in [2.24, 2.45) is 5.10 Å². The van der Waals surface area contributed by atoms with Crippen molar-refractivity contribution in [3.8, 4) is 11.5 Å². The molecule has 2 aromatic heterocycles. The number of halogens is 1. The number of hydrogen-bond donors (Lipinski definition) is 0. The lowest BCUT2D eigenvalue weighted by Gasteiger charge is -2.22. The van der Waals surface area contributed by atoms with Crippen molar-refractivity contribution in [1.29, 1.82) is 0 Å². The molecule has 1 amide bonds. The van der Waals surface area contributed by atoms with E-state index in [2.05, 4.69) is 10.1 Å². The summed E-state index contributed by atoms with van der Waals surface area (Å²) in [7, 11) is 0. The van der Waals surface area contributed by atoms with Crippen LogP contribution >= 0.6 is 22.9 Å². The Kier molecular flexibility index (Phi) is 4.21. The summed E-state index contributed by atoms with van der Waals surface area (Å²) in [5.74, 6) is 1.23. The van der Waals surface area contributed by atoms with E-state index in [9.17, 15) is 4.79 Å². The number of carbonyl (C=O) groups is 1. The van der Waals surface area contributed by atoms with E-state index in [0.717, 1.165) is 27.1 Å². The number of benzene rings is 1. The Morgan fingerprint density at radius 2 is 2.04 bits per heavy atom. The fourth-order valence-corrected chi connectivity index (χ4v) is 4.56. The molecule has 0 N–H and O–H groups in total. The highest BCUT2D eigenvalue weighted by Crippen LogP contribution is 2.40. The molecule has 6 nitrogen and oxygen atoms in total. The summed E-state index contributed by atoms with van der Waals surface area (Å²) in [5.41, 5.74) is 2.38. The molecule has 28 heavy (non-hydrogen) atoms. The van der Waals surface area contributed by atoms with E-state index in [1.165, 1.54) is 11.9 Å². The number of rotatable bonds is 2. The lowest BCUT2D eigenvalue weighted by molar-refractivity contribution is -0.130. The average molecular weight is 414 g/mol. The summed E-state index contributed by atoms with van der Waals surface area (Å²) in [4.78, 5) is 17.8. The number of nitrogens with zero attached hydrogens (tertiary/aromatic N) is 3. The maximum atomic E-state index is 12.2. The topological polar surface area (TPSA) is 64.0 Å². The van der Waals surface area contributed by atoms with Crippen LogP contribution in [0.5, 0.6) is 11.5 Å². The average Bonchev–Trinajstić information content (AvgIpc) is 3.35. The van der Waals surface area contributed by atoms with Crippen LogP contribution in [-0.2, 0) is 4.79 Å². The van der Waals surface area contributed by atoms with Gasteiger partial charge in [-0.3, -0.25) is 4.79 Å². The van der Waals surface area contributed by atoms with Crippen molar-refractivity contribution >= 4 is 45.5 Å². The molecule has 4 heterocycles. The Balaban J connectivity index is 1.58. The van der Waals surface area contributed by atoms with Crippen molar-refractivity contribution in [3.63, 3.8) is 0 Å². The number of fused-ring (bicyclic) bond motifs is 2. The van der Waals surface area contributed by atoms with Crippen LogP contribution in [0.4, 0.5) is 0 Å². The number of aromatic nitrogens is 1. The van der Waals surface area contributed by atoms with Gasteiger partial charge in [0.25, 0.3) is 0 Å². The van der Waals surface area contributed by atoms with Crippen molar-refractivity contribution in [1.82, 2.24) is 9.99 Å². The molecule has 142 valence electrons. The SMILES string of the molecule is CC(=O)N1N=C(c2cccs2)C[C@@H]1c1cc2cc3c(cc2nc1Cl)OCCO3. The standard InChI is InChI=1S/C20H16ClN3O3S/c1-11(25)24-16(9-15(23-24)19-3-2-6-28-19)13-7-12-8-17-18(27-5-4-26-17)10-14(12)22-20(13)21/h2-3,6-8,10,16H,4-5,9H2,1H3/t16-/m1/s1. The predicted molar refractivity (Wildman–Crippen MR) is 108 cm³/mol. The summed E-state index contributed by atoms with van der Waals surface area (Å²) in [6, 6.07) is 9.41. The number of hydrazone groups is 1.